The molecule has 2 aliphatic rings. The molecular formula is C128H146N4S6. The maximum Gasteiger partial charge on any atom is 0.0745 e. The fourth-order valence-electron chi connectivity index (χ4n) is 18.6. The highest BCUT2D eigenvalue weighted by Crippen LogP contribution is 2.56. The number of hydrogen-bond donors (Lipinski definition) is 2. The van der Waals surface area contributed by atoms with Gasteiger partial charge in [0.1, 0.15) is 0 Å². The van der Waals surface area contributed by atoms with Crippen molar-refractivity contribution in [3.63, 3.8) is 0 Å². The monoisotopic (exact) mass is 1930 g/mol. The number of hydrogen-bond acceptors (Lipinski definition) is 8. The van der Waals surface area contributed by atoms with E-state index in [1.807, 2.05) is 68.0 Å². The van der Waals surface area contributed by atoms with Crippen molar-refractivity contribution < 1.29 is 0 Å². The van der Waals surface area contributed by atoms with Crippen LogP contribution in [0.2, 0.25) is 0 Å². The number of nitrogens with one attached hydrogen (secondary N) is 2. The Labute approximate surface area is 850 Å². The Morgan fingerprint density at radius 2 is 0.377 bits per heavy atom. The van der Waals surface area contributed by atoms with Crippen LogP contribution < -0.4 is 0 Å². The summed E-state index contributed by atoms with van der Waals surface area (Å²) in [6, 6.07) is 73.1. The van der Waals surface area contributed by atoms with E-state index in [1.54, 1.807) is 0 Å². The number of aromatic nitrogens is 4. The minimum atomic E-state index is -0.191. The van der Waals surface area contributed by atoms with E-state index in [0.717, 1.165) is 88.0 Å². The van der Waals surface area contributed by atoms with Crippen LogP contribution in [0, 0.1) is 0 Å². The molecular weight excluding hydrogens is 1790 g/mol. The lowest BCUT2D eigenvalue weighted by Gasteiger charge is -2.26. The number of rotatable bonds is 12. The van der Waals surface area contributed by atoms with Gasteiger partial charge in [-0.05, 0) is 273 Å². The maximum absolute atomic E-state index is 6.22. The van der Waals surface area contributed by atoms with Gasteiger partial charge in [0.15, 0.2) is 0 Å². The third kappa shape index (κ3) is 20.3. The highest BCUT2D eigenvalue weighted by molar-refractivity contribution is 7.28. The minimum Gasteiger partial charge on any atom is -0.354 e. The summed E-state index contributed by atoms with van der Waals surface area (Å²) < 4.78 is 0. The van der Waals surface area contributed by atoms with E-state index in [-0.39, 0.29) is 65.0 Å². The molecule has 0 unspecified atom stereocenters. The van der Waals surface area contributed by atoms with Crippen LogP contribution in [0.25, 0.3) is 173 Å². The molecule has 0 spiro atoms. The molecule has 10 heteroatoms. The van der Waals surface area contributed by atoms with Crippen LogP contribution in [0.1, 0.15) is 339 Å². The Morgan fingerprint density at radius 1 is 0.181 bits per heavy atom. The van der Waals surface area contributed by atoms with Crippen molar-refractivity contribution in [2.24, 2.45) is 0 Å². The second-order valence-electron chi connectivity index (χ2n) is 51.7. The lowest BCUT2D eigenvalue weighted by atomic mass is 9.78. The molecule has 6 aromatic carbocycles. The van der Waals surface area contributed by atoms with E-state index in [2.05, 4.69) is 476 Å². The largest absolute Gasteiger partial charge is 0.354 e. The first-order chi connectivity index (χ1) is 63.9. The first-order valence-electron chi connectivity index (χ1n) is 49.7. The molecule has 11 heterocycles. The molecule has 2 N–H and O–H groups in total. The average Bonchev–Trinajstić information content (AvgIpc) is 1.59. The second kappa shape index (κ2) is 35.1. The van der Waals surface area contributed by atoms with Crippen molar-refractivity contribution in [1.82, 2.24) is 19.9 Å². The molecule has 0 saturated carbocycles. The van der Waals surface area contributed by atoms with Crippen LogP contribution in [0.3, 0.4) is 0 Å². The molecule has 9 aromatic heterocycles. The van der Waals surface area contributed by atoms with Gasteiger partial charge in [0.2, 0.25) is 0 Å². The Morgan fingerprint density at radius 3 is 0.601 bits per heavy atom. The van der Waals surface area contributed by atoms with E-state index in [1.165, 1.54) is 150 Å². The zero-order chi connectivity index (χ0) is 99.9. The van der Waals surface area contributed by atoms with Gasteiger partial charge < -0.3 is 9.97 Å². The molecule has 138 heavy (non-hydrogen) atoms. The van der Waals surface area contributed by atoms with Gasteiger partial charge in [0.25, 0.3) is 0 Å². The molecule has 2 aliphatic heterocycles. The predicted molar refractivity (Wildman–Crippen MR) is 616 cm³/mol. The van der Waals surface area contributed by atoms with Crippen molar-refractivity contribution in [2.75, 3.05) is 0 Å². The topological polar surface area (TPSA) is 57.4 Å². The lowest BCUT2D eigenvalue weighted by molar-refractivity contribution is 0.568. The van der Waals surface area contributed by atoms with Gasteiger partial charge in [-0.2, -0.15) is 0 Å². The molecule has 714 valence electrons. The van der Waals surface area contributed by atoms with Crippen molar-refractivity contribution in [3.05, 3.63) is 282 Å². The van der Waals surface area contributed by atoms with E-state index in [4.69, 9.17) is 9.97 Å². The Balaban J connectivity index is 0.983. The molecule has 0 aliphatic carbocycles. The van der Waals surface area contributed by atoms with Crippen LogP contribution >= 0.6 is 68.0 Å². The first-order valence-corrected chi connectivity index (χ1v) is 54.7. The second-order valence-corrected chi connectivity index (χ2v) is 57.8. The Hall–Kier alpha value is -9.88. The van der Waals surface area contributed by atoms with Crippen LogP contribution in [0.4, 0.5) is 0 Å². The summed E-state index contributed by atoms with van der Waals surface area (Å²) in [5.41, 5.74) is 38.0. The fraction of sp³-hybridized carbons (Fsp3) is 0.375. The van der Waals surface area contributed by atoms with Crippen molar-refractivity contribution in [2.45, 2.75) is 314 Å². The summed E-state index contributed by atoms with van der Waals surface area (Å²) in [5, 5.41) is 4.59. The predicted octanol–water partition coefficient (Wildman–Crippen LogP) is 40.6. The summed E-state index contributed by atoms with van der Waals surface area (Å²) >= 11 is 11.3. The quantitative estimate of drug-likeness (QED) is 0.128. The summed E-state index contributed by atoms with van der Waals surface area (Å²) in [5.74, 6) is 0. The number of H-pyrrole nitrogens is 2. The van der Waals surface area contributed by atoms with E-state index in [0.29, 0.717) is 0 Å². The van der Waals surface area contributed by atoms with Gasteiger partial charge in [-0.15, -0.1) is 68.0 Å². The number of thiophene rings is 6. The minimum absolute atomic E-state index is 0.0332. The Kier molecular flexibility index (Phi) is 25.3. The summed E-state index contributed by atoms with van der Waals surface area (Å²) in [4.78, 5) is 33.4. The first kappa shape index (κ1) is 99.7. The molecule has 0 atom stereocenters. The number of fused-ring (bicyclic) bond motifs is 8. The number of nitrogens with zero attached hydrogens (tertiary/aromatic N) is 2. The zero-order valence-electron chi connectivity index (χ0n) is 89.1. The summed E-state index contributed by atoms with van der Waals surface area (Å²) in [7, 11) is 0. The average molecular weight is 1930 g/mol. The molecule has 8 bridgehead atoms. The van der Waals surface area contributed by atoms with Crippen molar-refractivity contribution in [1.29, 1.82) is 0 Å². The van der Waals surface area contributed by atoms with E-state index < -0.39 is 0 Å². The summed E-state index contributed by atoms with van der Waals surface area (Å²) in [6.45, 7) is 84.7. The van der Waals surface area contributed by atoms with Crippen LogP contribution in [-0.2, 0) is 65.0 Å². The van der Waals surface area contributed by atoms with E-state index in [9.17, 15) is 0 Å². The standard InChI is InChI=1S/C128H146N4S6/c1-117(2,3)79-53-73(54-80(65-79)118(4,5)6)91-49-51-133-113(91)103-45-47-105(135-103)115-93(75-57-83(121(13,14)15)67-84(58-75)122(16,17)18)71-107(137-115)111-99-41-37-95(129-99)109(77-61-87(125(25,26)27)69-88(62-77)126(28,29)30)97-39-43-101(131-97)112(102-44-40-98(132-102)110(96-38-42-100(111)130-96)78-63-89(127(31,32)33)70-90(64-78)128(34,35)36)108-72-94(76-59-85(123(19,20)21)68-86(60-76)124(22,23)24)116(138-108)106-48-46-104(136-106)114-92(50-52-134-114)74-55-81(119(7,8)9)66-82(56-74)120(10,11)12/h37-72,129,132H,1-36H3. The smallest absolute Gasteiger partial charge is 0.0745 e. The zero-order valence-corrected chi connectivity index (χ0v) is 94.0. The van der Waals surface area contributed by atoms with E-state index >= 15 is 0 Å². The third-order valence-electron chi connectivity index (χ3n) is 28.0. The normalized spacial score (nSPS) is 13.6. The van der Waals surface area contributed by atoms with Gasteiger partial charge in [-0.1, -0.05) is 358 Å². The molecule has 0 fully saturated rings. The molecule has 0 radical (unpaired) electrons. The molecule has 0 saturated heterocycles. The van der Waals surface area contributed by atoms with Crippen molar-refractivity contribution in [3.8, 4) is 127 Å². The highest BCUT2D eigenvalue weighted by Gasteiger charge is 2.35. The highest BCUT2D eigenvalue weighted by atomic mass is 32.1. The lowest BCUT2D eigenvalue weighted by Crippen LogP contribution is -2.16. The van der Waals surface area contributed by atoms with Crippen LogP contribution in [0.5, 0.6) is 0 Å². The summed E-state index contributed by atoms with van der Waals surface area (Å²) in [6.07, 6.45) is 9.25. The Bertz CT molecular complexity index is 6890. The van der Waals surface area contributed by atoms with Gasteiger partial charge >= 0.3 is 0 Å². The van der Waals surface area contributed by atoms with Gasteiger partial charge in [-0.25, -0.2) is 9.97 Å². The van der Waals surface area contributed by atoms with Gasteiger partial charge in [0.05, 0.1) is 42.3 Å². The SMILES string of the molecule is CC(C)(C)c1cc(-c2ccsc2-c2ccc(-c3sc(-c4c5nc(c(-c6cc(C(C)(C)C)cc(C(C)(C)C)c6)c6ccc([nH]6)c(-c6cc(-c7cc(C(C)(C)C)cc(C(C)(C)C)c7)c(-c7ccc(-c8sccc8-c8cc(C(C)(C)C)cc(C(C)(C)C)c8)s7)s6)c6nc(c(-c7cc(C(C)(C)C)cc(C(C)(C)C)c7)c7ccc4[nH]7)C=C6)C=C5)cc3-c3cc(C(C)(C)C)cc(C(C)(C)C)c3)s2)cc(C(C)(C)C)c1. The third-order valence-corrected chi connectivity index (χ3v) is 35.0. The fourth-order valence-corrected chi connectivity index (χ4v) is 25.5. The van der Waals surface area contributed by atoms with Crippen molar-refractivity contribution >= 4 is 114 Å². The number of benzene rings is 6. The molecule has 17 rings (SSSR count). The van der Waals surface area contributed by atoms with Gasteiger partial charge in [0, 0.05) is 95.8 Å². The van der Waals surface area contributed by atoms with Crippen LogP contribution in [0.15, 0.2) is 193 Å². The molecule has 15 aromatic rings. The molecule has 4 nitrogen and oxygen atoms in total. The number of aromatic amines is 2. The maximum atomic E-state index is 6.22. The van der Waals surface area contributed by atoms with Crippen LogP contribution in [-0.4, -0.2) is 19.9 Å². The molecule has 0 amide bonds. The van der Waals surface area contributed by atoms with Gasteiger partial charge in [-0.3, -0.25) is 0 Å².